The van der Waals surface area contributed by atoms with E-state index < -0.39 is 17.7 Å². The number of nitrogens with one attached hydrogen (secondary N) is 1. The van der Waals surface area contributed by atoms with Crippen molar-refractivity contribution in [2.75, 3.05) is 4.90 Å². The number of carbonyl (C=O) groups excluding carboxylic acids is 2. The van der Waals surface area contributed by atoms with Crippen molar-refractivity contribution in [3.05, 3.63) is 58.6 Å². The Morgan fingerprint density at radius 3 is 2.60 bits per heavy atom. The van der Waals surface area contributed by atoms with Gasteiger partial charge in [-0.2, -0.15) is 0 Å². The van der Waals surface area contributed by atoms with Gasteiger partial charge in [0.15, 0.2) is 11.0 Å². The summed E-state index contributed by atoms with van der Waals surface area (Å²) in [5.41, 5.74) is 2.24. The standard InChI is InChI=1S/C18H14BrN3O2S/c1-11-9-12(19)7-8-15(11)20-10-14-16(23)21-18(25)22(17(14)24)13-5-3-2-4-6-13/h2-10,14H,1H3,(H,21,23,25)/t14-/m0/s1. The molecule has 3 rings (SSSR count). The van der Waals surface area contributed by atoms with E-state index in [1.807, 2.05) is 31.2 Å². The van der Waals surface area contributed by atoms with Crippen LogP contribution < -0.4 is 10.2 Å². The first kappa shape index (κ1) is 17.4. The van der Waals surface area contributed by atoms with Crippen molar-refractivity contribution in [1.82, 2.24) is 5.32 Å². The summed E-state index contributed by atoms with van der Waals surface area (Å²) in [5.74, 6) is -1.92. The predicted octanol–water partition coefficient (Wildman–Crippen LogP) is 3.52. The number of carbonyl (C=O) groups is 2. The largest absolute Gasteiger partial charge is 0.301 e. The summed E-state index contributed by atoms with van der Waals surface area (Å²) in [7, 11) is 0. The molecule has 1 atom stereocenters. The van der Waals surface area contributed by atoms with Crippen molar-refractivity contribution in [1.29, 1.82) is 0 Å². The van der Waals surface area contributed by atoms with Crippen LogP contribution in [0.2, 0.25) is 0 Å². The lowest BCUT2D eigenvalue weighted by Crippen LogP contribution is -2.58. The minimum absolute atomic E-state index is 0.0747. The molecule has 0 aliphatic carbocycles. The highest BCUT2D eigenvalue weighted by Gasteiger charge is 2.38. The monoisotopic (exact) mass is 415 g/mol. The molecule has 25 heavy (non-hydrogen) atoms. The molecule has 1 aliphatic rings. The van der Waals surface area contributed by atoms with Crippen molar-refractivity contribution < 1.29 is 9.59 Å². The highest BCUT2D eigenvalue weighted by Crippen LogP contribution is 2.24. The van der Waals surface area contributed by atoms with Gasteiger partial charge in [0.2, 0.25) is 5.91 Å². The molecule has 5 nitrogen and oxygen atoms in total. The number of amides is 2. The number of anilines is 1. The molecule has 1 saturated heterocycles. The number of aliphatic imine (C=N–C) groups is 1. The van der Waals surface area contributed by atoms with Crippen LogP contribution in [0.1, 0.15) is 5.56 Å². The third kappa shape index (κ3) is 3.67. The lowest BCUT2D eigenvalue weighted by molar-refractivity contribution is -0.130. The Balaban J connectivity index is 1.90. The van der Waals surface area contributed by atoms with E-state index in [0.29, 0.717) is 11.4 Å². The molecule has 7 heteroatoms. The molecule has 0 unspecified atom stereocenters. The van der Waals surface area contributed by atoms with Crippen LogP contribution in [0.5, 0.6) is 0 Å². The van der Waals surface area contributed by atoms with Gasteiger partial charge in [0.1, 0.15) is 0 Å². The number of aryl methyl sites for hydroxylation is 1. The highest BCUT2D eigenvalue weighted by atomic mass is 79.9. The van der Waals surface area contributed by atoms with Crippen molar-refractivity contribution in [3.8, 4) is 0 Å². The summed E-state index contributed by atoms with van der Waals surface area (Å²) < 4.78 is 0.941. The molecule has 0 bridgehead atoms. The number of halogens is 1. The fourth-order valence-corrected chi connectivity index (χ4v) is 3.23. The summed E-state index contributed by atoms with van der Waals surface area (Å²) in [6, 6.07) is 14.6. The van der Waals surface area contributed by atoms with E-state index in [0.717, 1.165) is 10.0 Å². The van der Waals surface area contributed by atoms with Crippen LogP contribution in [-0.4, -0.2) is 23.1 Å². The molecule has 1 fully saturated rings. The summed E-state index contributed by atoms with van der Waals surface area (Å²) in [6.45, 7) is 1.91. The fourth-order valence-electron chi connectivity index (χ4n) is 2.46. The van der Waals surface area contributed by atoms with Gasteiger partial charge in [0.05, 0.1) is 11.4 Å². The normalized spacial score (nSPS) is 17.9. The van der Waals surface area contributed by atoms with E-state index >= 15 is 0 Å². The second-order valence-electron chi connectivity index (χ2n) is 5.49. The Kier molecular flexibility index (Phi) is 5.06. The summed E-state index contributed by atoms with van der Waals surface area (Å²) in [4.78, 5) is 30.6. The summed E-state index contributed by atoms with van der Waals surface area (Å²) >= 11 is 8.54. The second-order valence-corrected chi connectivity index (χ2v) is 6.79. The average Bonchev–Trinajstić information content (AvgIpc) is 2.57. The third-order valence-electron chi connectivity index (χ3n) is 3.74. The van der Waals surface area contributed by atoms with Gasteiger partial charge < -0.3 is 5.32 Å². The lowest BCUT2D eigenvalue weighted by Gasteiger charge is -2.30. The second kappa shape index (κ2) is 7.25. The van der Waals surface area contributed by atoms with E-state index in [4.69, 9.17) is 12.2 Å². The minimum Gasteiger partial charge on any atom is -0.301 e. The van der Waals surface area contributed by atoms with Crippen molar-refractivity contribution in [2.45, 2.75) is 6.92 Å². The maximum Gasteiger partial charge on any atom is 0.251 e. The average molecular weight is 416 g/mol. The number of benzene rings is 2. The van der Waals surface area contributed by atoms with E-state index in [1.54, 1.807) is 24.3 Å². The lowest BCUT2D eigenvalue weighted by atomic mass is 10.1. The first-order valence-corrected chi connectivity index (χ1v) is 8.71. The van der Waals surface area contributed by atoms with Gasteiger partial charge >= 0.3 is 0 Å². The Bertz CT molecular complexity index is 883. The van der Waals surface area contributed by atoms with E-state index in [9.17, 15) is 9.59 Å². The number of rotatable bonds is 3. The molecule has 0 spiro atoms. The molecule has 126 valence electrons. The number of para-hydroxylation sites is 1. The number of hydrogen-bond donors (Lipinski definition) is 1. The molecular formula is C18H14BrN3O2S. The van der Waals surface area contributed by atoms with Crippen LogP contribution in [0.3, 0.4) is 0 Å². The molecule has 1 N–H and O–H groups in total. The first-order chi connectivity index (χ1) is 12.0. The molecule has 2 aromatic rings. The smallest absolute Gasteiger partial charge is 0.251 e. The SMILES string of the molecule is Cc1cc(Br)ccc1N=C[C@H]1C(=O)NC(=S)N(c2ccccc2)C1=O. The van der Waals surface area contributed by atoms with Crippen molar-refractivity contribution in [2.24, 2.45) is 10.9 Å². The number of thiocarbonyl (C=S) groups is 1. The maximum atomic E-state index is 12.8. The van der Waals surface area contributed by atoms with E-state index in [2.05, 4.69) is 26.2 Å². The van der Waals surface area contributed by atoms with Crippen LogP contribution in [0.25, 0.3) is 0 Å². The van der Waals surface area contributed by atoms with Gasteiger partial charge in [0.25, 0.3) is 5.91 Å². The van der Waals surface area contributed by atoms with Gasteiger partial charge in [-0.05, 0) is 55.0 Å². The van der Waals surface area contributed by atoms with Crippen LogP contribution in [-0.2, 0) is 9.59 Å². The minimum atomic E-state index is -1.03. The van der Waals surface area contributed by atoms with Crippen molar-refractivity contribution >= 4 is 62.7 Å². The van der Waals surface area contributed by atoms with Gasteiger partial charge in [-0.15, -0.1) is 0 Å². The Morgan fingerprint density at radius 1 is 1.20 bits per heavy atom. The number of nitrogens with zero attached hydrogens (tertiary/aromatic N) is 2. The van der Waals surface area contributed by atoms with Crippen LogP contribution in [0.4, 0.5) is 11.4 Å². The van der Waals surface area contributed by atoms with Gasteiger partial charge in [0, 0.05) is 10.7 Å². The van der Waals surface area contributed by atoms with E-state index in [-0.39, 0.29) is 5.11 Å². The molecule has 0 radical (unpaired) electrons. The third-order valence-corrected chi connectivity index (χ3v) is 4.52. The zero-order valence-electron chi connectivity index (χ0n) is 13.3. The zero-order valence-corrected chi connectivity index (χ0v) is 15.7. The molecule has 2 amide bonds. The van der Waals surface area contributed by atoms with Gasteiger partial charge in [-0.1, -0.05) is 34.1 Å². The molecule has 2 aromatic carbocycles. The molecule has 1 heterocycles. The molecule has 0 saturated carbocycles. The Morgan fingerprint density at radius 2 is 1.92 bits per heavy atom. The van der Waals surface area contributed by atoms with Gasteiger partial charge in [-0.3, -0.25) is 19.5 Å². The summed E-state index contributed by atoms with van der Waals surface area (Å²) in [6.07, 6.45) is 1.37. The molecule has 0 aromatic heterocycles. The number of hydrogen-bond acceptors (Lipinski definition) is 4. The Hall–Kier alpha value is -2.38. The molecule has 1 aliphatic heterocycles. The van der Waals surface area contributed by atoms with Crippen molar-refractivity contribution in [3.63, 3.8) is 0 Å². The first-order valence-electron chi connectivity index (χ1n) is 7.51. The summed E-state index contributed by atoms with van der Waals surface area (Å²) in [5, 5.41) is 2.64. The highest BCUT2D eigenvalue weighted by molar-refractivity contribution is 9.10. The Labute approximate surface area is 158 Å². The van der Waals surface area contributed by atoms with Crippen LogP contribution in [0, 0.1) is 12.8 Å². The van der Waals surface area contributed by atoms with Crippen LogP contribution >= 0.6 is 28.1 Å². The molecular weight excluding hydrogens is 402 g/mol. The predicted molar refractivity (Wildman–Crippen MR) is 105 cm³/mol. The van der Waals surface area contributed by atoms with E-state index in [1.165, 1.54) is 11.1 Å². The van der Waals surface area contributed by atoms with Gasteiger partial charge in [-0.25, -0.2) is 0 Å². The zero-order chi connectivity index (χ0) is 18.0. The maximum absolute atomic E-state index is 12.8. The quantitative estimate of drug-likeness (QED) is 0.473. The topological polar surface area (TPSA) is 61.8 Å². The van der Waals surface area contributed by atoms with Crippen LogP contribution in [0.15, 0.2) is 58.0 Å². The fraction of sp³-hybridized carbons (Fsp3) is 0.111.